The normalized spacial score (nSPS) is 17.1. The molecule has 0 fully saturated rings. The van der Waals surface area contributed by atoms with Gasteiger partial charge in [0.25, 0.3) is 5.91 Å². The van der Waals surface area contributed by atoms with Gasteiger partial charge >= 0.3 is 0 Å². The first kappa shape index (κ1) is 15.0. The Morgan fingerprint density at radius 1 is 1.60 bits per heavy atom. The number of hydrogen-bond donors (Lipinski definition) is 4. The number of amides is 1. The predicted octanol–water partition coefficient (Wildman–Crippen LogP) is 0.892. The van der Waals surface area contributed by atoms with Gasteiger partial charge in [-0.15, -0.1) is 0 Å². The van der Waals surface area contributed by atoms with Crippen molar-refractivity contribution in [3.05, 3.63) is 32.7 Å². The van der Waals surface area contributed by atoms with Crippen LogP contribution in [0.2, 0.25) is 0 Å². The number of H-pyrrole nitrogens is 1. The number of nitrogens with zero attached hydrogens (tertiary/aromatic N) is 1. The van der Waals surface area contributed by atoms with E-state index in [9.17, 15) is 4.79 Å². The Hall–Kier alpha value is -1.43. The van der Waals surface area contributed by atoms with E-state index in [0.29, 0.717) is 5.69 Å². The minimum Gasteiger partial charge on any atom is -0.357 e. The molecule has 1 aliphatic rings. The molecule has 8 heteroatoms. The topological polar surface area (TPSA) is 86.2 Å². The number of carbonyl (C=O) groups is 1. The standard InChI is InChI=1S/C12H13Br2N5O/c1-19-7(6-17-12(19)15)3-2-4-16-11(20)9-5-8(13)10(14)18-9/h5-6,12,17-18H,4,15H2,1H3,(H,16,20). The van der Waals surface area contributed by atoms with E-state index in [2.05, 4.69) is 59.3 Å². The summed E-state index contributed by atoms with van der Waals surface area (Å²) in [6, 6.07) is 1.70. The highest BCUT2D eigenvalue weighted by Crippen LogP contribution is 2.22. The summed E-state index contributed by atoms with van der Waals surface area (Å²) in [5, 5.41) is 5.65. The van der Waals surface area contributed by atoms with Crippen LogP contribution in [-0.4, -0.2) is 35.7 Å². The van der Waals surface area contributed by atoms with Gasteiger partial charge in [0.2, 0.25) is 0 Å². The van der Waals surface area contributed by atoms with Crippen LogP contribution < -0.4 is 16.4 Å². The van der Waals surface area contributed by atoms with Gasteiger partial charge in [-0.05, 0) is 43.8 Å². The first-order valence-electron chi connectivity index (χ1n) is 5.74. The zero-order chi connectivity index (χ0) is 14.7. The summed E-state index contributed by atoms with van der Waals surface area (Å²) >= 11 is 6.59. The fourth-order valence-electron chi connectivity index (χ4n) is 1.53. The molecule has 0 spiro atoms. The monoisotopic (exact) mass is 401 g/mol. The van der Waals surface area contributed by atoms with Crippen LogP contribution >= 0.6 is 31.9 Å². The van der Waals surface area contributed by atoms with Crippen LogP contribution in [0.15, 0.2) is 27.0 Å². The van der Waals surface area contributed by atoms with Crippen molar-refractivity contribution >= 4 is 37.8 Å². The Morgan fingerprint density at radius 2 is 2.35 bits per heavy atom. The van der Waals surface area contributed by atoms with Crippen molar-refractivity contribution in [1.82, 2.24) is 20.5 Å². The van der Waals surface area contributed by atoms with Crippen molar-refractivity contribution in [3.63, 3.8) is 0 Å². The van der Waals surface area contributed by atoms with E-state index >= 15 is 0 Å². The number of carbonyl (C=O) groups excluding carboxylic acids is 1. The van der Waals surface area contributed by atoms with Crippen LogP contribution in [0.4, 0.5) is 0 Å². The molecule has 2 heterocycles. The molecule has 5 N–H and O–H groups in total. The van der Waals surface area contributed by atoms with Crippen molar-refractivity contribution in [3.8, 4) is 11.8 Å². The number of aromatic nitrogens is 1. The second-order valence-electron chi connectivity index (χ2n) is 4.08. The third-order valence-electron chi connectivity index (χ3n) is 2.71. The zero-order valence-electron chi connectivity index (χ0n) is 10.6. The second kappa shape index (κ2) is 6.35. The maximum Gasteiger partial charge on any atom is 0.268 e. The number of aromatic amines is 1. The number of rotatable bonds is 2. The molecular formula is C12H13Br2N5O. The van der Waals surface area contributed by atoms with Crippen LogP contribution in [-0.2, 0) is 0 Å². The lowest BCUT2D eigenvalue weighted by Crippen LogP contribution is -2.41. The van der Waals surface area contributed by atoms with Crippen molar-refractivity contribution in [1.29, 1.82) is 0 Å². The van der Waals surface area contributed by atoms with E-state index in [1.165, 1.54) is 0 Å². The van der Waals surface area contributed by atoms with Gasteiger partial charge in [0, 0.05) is 13.2 Å². The lowest BCUT2D eigenvalue weighted by molar-refractivity contribution is 0.0954. The average Bonchev–Trinajstić information content (AvgIpc) is 2.91. The SMILES string of the molecule is CN1C(C#CCNC(=O)c2cc(Br)c(Br)[nH]2)=CNC1N. The molecular weight excluding hydrogens is 390 g/mol. The van der Waals surface area contributed by atoms with E-state index in [0.717, 1.165) is 14.8 Å². The lowest BCUT2D eigenvalue weighted by atomic mass is 10.4. The Labute approximate surface area is 133 Å². The number of nitrogens with one attached hydrogen (secondary N) is 3. The number of hydrogen-bond acceptors (Lipinski definition) is 4. The summed E-state index contributed by atoms with van der Waals surface area (Å²) in [6.45, 7) is 0.257. The highest BCUT2D eigenvalue weighted by Gasteiger charge is 2.15. The third-order valence-corrected chi connectivity index (χ3v) is 4.49. The summed E-state index contributed by atoms with van der Waals surface area (Å²) in [5.74, 6) is 5.60. The Kier molecular flexibility index (Phi) is 4.75. The zero-order valence-corrected chi connectivity index (χ0v) is 13.8. The van der Waals surface area contributed by atoms with Crippen molar-refractivity contribution in [2.45, 2.75) is 6.29 Å². The first-order valence-corrected chi connectivity index (χ1v) is 7.33. The number of allylic oxidation sites excluding steroid dienone is 1. The average molecular weight is 403 g/mol. The van der Waals surface area contributed by atoms with Crippen molar-refractivity contribution in [2.75, 3.05) is 13.6 Å². The highest BCUT2D eigenvalue weighted by molar-refractivity contribution is 9.13. The molecule has 1 unspecified atom stereocenters. The molecule has 2 rings (SSSR count). The molecule has 20 heavy (non-hydrogen) atoms. The molecule has 1 atom stereocenters. The lowest BCUT2D eigenvalue weighted by Gasteiger charge is -2.17. The Morgan fingerprint density at radius 3 is 2.90 bits per heavy atom. The van der Waals surface area contributed by atoms with Gasteiger partial charge in [-0.25, -0.2) is 0 Å². The molecule has 6 nitrogen and oxygen atoms in total. The van der Waals surface area contributed by atoms with Crippen LogP contribution in [0.1, 0.15) is 10.5 Å². The highest BCUT2D eigenvalue weighted by atomic mass is 79.9. The maximum atomic E-state index is 11.8. The van der Waals surface area contributed by atoms with Crippen LogP contribution in [0, 0.1) is 11.8 Å². The molecule has 1 aromatic rings. The quantitative estimate of drug-likeness (QED) is 0.553. The van der Waals surface area contributed by atoms with E-state index in [1.54, 1.807) is 12.3 Å². The molecule has 1 aromatic heterocycles. The second-order valence-corrected chi connectivity index (χ2v) is 5.73. The number of halogens is 2. The van der Waals surface area contributed by atoms with Gasteiger partial charge in [0.05, 0.1) is 15.6 Å². The van der Waals surface area contributed by atoms with E-state index in [-0.39, 0.29) is 18.7 Å². The molecule has 0 saturated carbocycles. The third kappa shape index (κ3) is 3.36. The van der Waals surface area contributed by atoms with Gasteiger partial charge in [0.15, 0.2) is 6.29 Å². The van der Waals surface area contributed by atoms with Gasteiger partial charge in [-0.1, -0.05) is 5.92 Å². The van der Waals surface area contributed by atoms with Crippen molar-refractivity contribution < 1.29 is 4.79 Å². The first-order chi connectivity index (χ1) is 9.49. The summed E-state index contributed by atoms with van der Waals surface area (Å²) in [4.78, 5) is 16.5. The largest absolute Gasteiger partial charge is 0.357 e. The fourth-order valence-corrected chi connectivity index (χ4v) is 2.19. The van der Waals surface area contributed by atoms with E-state index < -0.39 is 0 Å². The smallest absolute Gasteiger partial charge is 0.268 e. The number of nitrogens with two attached hydrogens (primary N) is 1. The van der Waals surface area contributed by atoms with Gasteiger partial charge in [-0.2, -0.15) is 0 Å². The summed E-state index contributed by atoms with van der Waals surface area (Å²) in [5.41, 5.74) is 6.98. The van der Waals surface area contributed by atoms with Crippen molar-refractivity contribution in [2.24, 2.45) is 5.73 Å². The minimum absolute atomic E-state index is 0.214. The van der Waals surface area contributed by atoms with Gasteiger partial charge in [0.1, 0.15) is 11.4 Å². The summed E-state index contributed by atoms with van der Waals surface area (Å²) < 4.78 is 1.53. The van der Waals surface area contributed by atoms with E-state index in [4.69, 9.17) is 5.73 Å². The maximum absolute atomic E-state index is 11.8. The molecule has 0 bridgehead atoms. The molecule has 106 valence electrons. The Balaban J connectivity index is 1.86. The molecule has 0 saturated heterocycles. The minimum atomic E-state index is -0.248. The fraction of sp³-hybridized carbons (Fsp3) is 0.250. The van der Waals surface area contributed by atoms with Gasteiger partial charge in [-0.3, -0.25) is 10.5 Å². The van der Waals surface area contributed by atoms with Crippen LogP contribution in [0.3, 0.4) is 0 Å². The van der Waals surface area contributed by atoms with Gasteiger partial charge < -0.3 is 20.5 Å². The predicted molar refractivity (Wildman–Crippen MR) is 83.3 cm³/mol. The molecule has 1 amide bonds. The molecule has 0 aromatic carbocycles. The summed E-state index contributed by atoms with van der Waals surface area (Å²) in [7, 11) is 1.84. The summed E-state index contributed by atoms with van der Waals surface area (Å²) in [6.07, 6.45) is 1.50. The van der Waals surface area contributed by atoms with Crippen LogP contribution in [0.25, 0.3) is 0 Å². The molecule has 0 aliphatic carbocycles. The molecule has 0 radical (unpaired) electrons. The van der Waals surface area contributed by atoms with E-state index in [1.807, 2.05) is 11.9 Å². The Bertz CT molecular complexity index is 594. The molecule has 1 aliphatic heterocycles. The van der Waals surface area contributed by atoms with Crippen LogP contribution in [0.5, 0.6) is 0 Å².